The van der Waals surface area contributed by atoms with Gasteiger partial charge in [0.2, 0.25) is 0 Å². The van der Waals surface area contributed by atoms with Crippen LogP contribution in [0.1, 0.15) is 15.9 Å². The van der Waals surface area contributed by atoms with Crippen molar-refractivity contribution in [3.63, 3.8) is 0 Å². The van der Waals surface area contributed by atoms with Crippen molar-refractivity contribution in [1.82, 2.24) is 0 Å². The monoisotopic (exact) mass is 162 g/mol. The lowest BCUT2D eigenvalue weighted by molar-refractivity contribution is 0.0788. The number of benzene rings is 1. The average Bonchev–Trinajstić information content (AvgIpc) is 2.29. The van der Waals surface area contributed by atoms with Gasteiger partial charge in [0.05, 0.1) is 6.61 Å². The normalized spacial score (nSPS) is 16.8. The van der Waals surface area contributed by atoms with Gasteiger partial charge in [0, 0.05) is 5.56 Å². The van der Waals surface area contributed by atoms with Gasteiger partial charge in [-0.3, -0.25) is 4.79 Å². The Bertz CT molecular complexity index is 304. The van der Waals surface area contributed by atoms with E-state index in [-0.39, 0.29) is 12.4 Å². The zero-order valence-corrected chi connectivity index (χ0v) is 6.75. The molecule has 1 aliphatic rings. The Balaban J connectivity index is 2.46. The number of fused-ring (bicyclic) bond motifs is 1. The van der Waals surface area contributed by atoms with Gasteiger partial charge in [0.25, 0.3) is 0 Å². The summed E-state index contributed by atoms with van der Waals surface area (Å²) in [5.74, 6) is 0.100. The van der Waals surface area contributed by atoms with Gasteiger partial charge in [-0.15, -0.1) is 0 Å². The van der Waals surface area contributed by atoms with Gasteiger partial charge in [-0.1, -0.05) is 24.3 Å². The van der Waals surface area contributed by atoms with E-state index in [1.807, 2.05) is 24.3 Å². The molecule has 0 radical (unpaired) electrons. The van der Waals surface area contributed by atoms with Crippen LogP contribution in [0.5, 0.6) is 0 Å². The molecular weight excluding hydrogens is 152 g/mol. The fourth-order valence-corrected chi connectivity index (χ4v) is 1.44. The highest BCUT2D eigenvalue weighted by Crippen LogP contribution is 2.13. The zero-order valence-electron chi connectivity index (χ0n) is 6.75. The van der Waals surface area contributed by atoms with E-state index in [1.54, 1.807) is 0 Å². The molecule has 0 fully saturated rings. The molecule has 0 unspecified atom stereocenters. The molecule has 0 aromatic heterocycles. The van der Waals surface area contributed by atoms with Crippen LogP contribution in [0.25, 0.3) is 0 Å². The van der Waals surface area contributed by atoms with Crippen LogP contribution < -0.4 is 0 Å². The van der Waals surface area contributed by atoms with Crippen molar-refractivity contribution in [3.8, 4) is 0 Å². The minimum atomic E-state index is 0.100. The lowest BCUT2D eigenvalue weighted by atomic mass is 10.0. The van der Waals surface area contributed by atoms with Gasteiger partial charge in [-0.05, 0) is 12.0 Å². The Morgan fingerprint density at radius 1 is 1.25 bits per heavy atom. The van der Waals surface area contributed by atoms with Crippen LogP contribution >= 0.6 is 0 Å². The summed E-state index contributed by atoms with van der Waals surface area (Å²) in [6, 6.07) is 7.70. The lowest BCUT2D eigenvalue weighted by Crippen LogP contribution is -2.06. The molecule has 1 aliphatic heterocycles. The first-order valence-corrected chi connectivity index (χ1v) is 4.07. The molecule has 2 rings (SSSR count). The summed E-state index contributed by atoms with van der Waals surface area (Å²) in [7, 11) is 0. The smallest absolute Gasteiger partial charge is 0.188 e. The van der Waals surface area contributed by atoms with Gasteiger partial charge in [-0.2, -0.15) is 0 Å². The van der Waals surface area contributed by atoms with Crippen molar-refractivity contribution in [2.24, 2.45) is 0 Å². The van der Waals surface area contributed by atoms with Crippen LogP contribution in [0.2, 0.25) is 0 Å². The summed E-state index contributed by atoms with van der Waals surface area (Å²) in [4.78, 5) is 11.4. The molecule has 0 atom stereocenters. The van der Waals surface area contributed by atoms with Crippen LogP contribution in [-0.4, -0.2) is 19.0 Å². The lowest BCUT2D eigenvalue weighted by Gasteiger charge is -2.00. The summed E-state index contributed by atoms with van der Waals surface area (Å²) in [6.07, 6.45) is 0.849. The molecule has 0 amide bonds. The summed E-state index contributed by atoms with van der Waals surface area (Å²) < 4.78 is 5.14. The molecule has 0 saturated heterocycles. The number of hydrogen-bond acceptors (Lipinski definition) is 2. The summed E-state index contributed by atoms with van der Waals surface area (Å²) >= 11 is 0. The van der Waals surface area contributed by atoms with E-state index in [9.17, 15) is 4.79 Å². The number of Topliss-reactive ketones (excluding diaryl/α,β-unsaturated/α-hetero) is 1. The van der Waals surface area contributed by atoms with Gasteiger partial charge >= 0.3 is 0 Å². The number of ether oxygens (including phenoxy) is 1. The third kappa shape index (κ3) is 1.25. The Kier molecular flexibility index (Phi) is 1.92. The Morgan fingerprint density at radius 3 is 3.00 bits per heavy atom. The van der Waals surface area contributed by atoms with E-state index in [2.05, 4.69) is 0 Å². The topological polar surface area (TPSA) is 26.3 Å². The Labute approximate surface area is 71.2 Å². The predicted molar refractivity (Wildman–Crippen MR) is 45.3 cm³/mol. The van der Waals surface area contributed by atoms with E-state index in [0.29, 0.717) is 6.61 Å². The van der Waals surface area contributed by atoms with Crippen molar-refractivity contribution in [2.75, 3.05) is 13.2 Å². The van der Waals surface area contributed by atoms with Crippen LogP contribution in [0.15, 0.2) is 24.3 Å². The van der Waals surface area contributed by atoms with Crippen molar-refractivity contribution >= 4 is 5.78 Å². The third-order valence-corrected chi connectivity index (χ3v) is 2.07. The highest BCUT2D eigenvalue weighted by atomic mass is 16.5. The third-order valence-electron chi connectivity index (χ3n) is 2.07. The van der Waals surface area contributed by atoms with Crippen molar-refractivity contribution in [3.05, 3.63) is 35.4 Å². The van der Waals surface area contributed by atoms with Crippen molar-refractivity contribution in [2.45, 2.75) is 6.42 Å². The number of hydrogen-bond donors (Lipinski definition) is 0. The minimum absolute atomic E-state index is 0.100. The minimum Gasteiger partial charge on any atom is -0.373 e. The summed E-state index contributed by atoms with van der Waals surface area (Å²) in [5, 5.41) is 0. The second kappa shape index (κ2) is 3.07. The summed E-state index contributed by atoms with van der Waals surface area (Å²) in [6.45, 7) is 0.889. The number of carbonyl (C=O) groups excluding carboxylic acids is 1. The van der Waals surface area contributed by atoms with Gasteiger partial charge < -0.3 is 4.74 Å². The van der Waals surface area contributed by atoms with E-state index in [0.717, 1.165) is 17.5 Å². The quantitative estimate of drug-likeness (QED) is 0.577. The molecule has 2 nitrogen and oxygen atoms in total. The van der Waals surface area contributed by atoms with Crippen LogP contribution in [0.3, 0.4) is 0 Å². The molecular formula is C10H10O2. The maximum absolute atomic E-state index is 11.4. The summed E-state index contributed by atoms with van der Waals surface area (Å²) in [5.41, 5.74) is 1.94. The highest BCUT2D eigenvalue weighted by molar-refractivity contribution is 5.98. The van der Waals surface area contributed by atoms with E-state index in [1.165, 1.54) is 0 Å². The van der Waals surface area contributed by atoms with Crippen LogP contribution in [0, 0.1) is 0 Å². The fraction of sp³-hybridized carbons (Fsp3) is 0.300. The van der Waals surface area contributed by atoms with E-state index >= 15 is 0 Å². The molecule has 0 spiro atoms. The maximum atomic E-state index is 11.4. The van der Waals surface area contributed by atoms with E-state index < -0.39 is 0 Å². The van der Waals surface area contributed by atoms with Crippen LogP contribution in [-0.2, 0) is 11.2 Å². The van der Waals surface area contributed by atoms with Crippen molar-refractivity contribution in [1.29, 1.82) is 0 Å². The molecule has 1 heterocycles. The molecule has 0 bridgehead atoms. The highest BCUT2D eigenvalue weighted by Gasteiger charge is 2.13. The van der Waals surface area contributed by atoms with Crippen molar-refractivity contribution < 1.29 is 9.53 Å². The molecule has 12 heavy (non-hydrogen) atoms. The average molecular weight is 162 g/mol. The molecule has 2 heteroatoms. The van der Waals surface area contributed by atoms with Crippen LogP contribution in [0.4, 0.5) is 0 Å². The molecule has 1 aromatic carbocycles. The SMILES string of the molecule is O=C1COCCc2ccccc21. The Hall–Kier alpha value is -1.15. The second-order valence-corrected chi connectivity index (χ2v) is 2.88. The Morgan fingerprint density at radius 2 is 2.08 bits per heavy atom. The predicted octanol–water partition coefficient (Wildman–Crippen LogP) is 1.44. The first-order valence-electron chi connectivity index (χ1n) is 4.07. The van der Waals surface area contributed by atoms with Gasteiger partial charge in [0.15, 0.2) is 5.78 Å². The maximum Gasteiger partial charge on any atom is 0.188 e. The molecule has 1 aromatic rings. The molecule has 0 aliphatic carbocycles. The fourth-order valence-electron chi connectivity index (χ4n) is 1.44. The van der Waals surface area contributed by atoms with E-state index in [4.69, 9.17) is 4.74 Å². The number of carbonyl (C=O) groups is 1. The van der Waals surface area contributed by atoms with Gasteiger partial charge in [0.1, 0.15) is 6.61 Å². The first kappa shape index (κ1) is 7.50. The standard InChI is InChI=1S/C10H10O2/c11-10-7-12-6-5-8-3-1-2-4-9(8)10/h1-4H,5-7H2. The number of ketones is 1. The molecule has 0 saturated carbocycles. The first-order chi connectivity index (χ1) is 5.88. The second-order valence-electron chi connectivity index (χ2n) is 2.88. The molecule has 62 valence electrons. The number of rotatable bonds is 0. The molecule has 0 N–H and O–H groups in total. The largest absolute Gasteiger partial charge is 0.373 e. The zero-order chi connectivity index (χ0) is 8.39. The van der Waals surface area contributed by atoms with Gasteiger partial charge in [-0.25, -0.2) is 0 Å².